The van der Waals surface area contributed by atoms with E-state index in [-0.39, 0.29) is 28.0 Å². The molecule has 2 aromatic carbocycles. The van der Waals surface area contributed by atoms with Gasteiger partial charge in [0.1, 0.15) is 0 Å². The van der Waals surface area contributed by atoms with Gasteiger partial charge in [-0.2, -0.15) is 0 Å². The van der Waals surface area contributed by atoms with Crippen LogP contribution in [0.25, 0.3) is 11.8 Å². The molecule has 10 heteroatoms. The lowest BCUT2D eigenvalue weighted by atomic mass is 10.0. The predicted octanol–water partition coefficient (Wildman–Crippen LogP) is 2.74. The normalized spacial score (nSPS) is 11.2. The molecule has 0 aliphatic heterocycles. The number of amides is 1. The number of hydrogen-bond acceptors (Lipinski definition) is 5. The maximum atomic E-state index is 13.1. The third-order valence-electron chi connectivity index (χ3n) is 5.08. The number of aromatic nitrogens is 2. The number of nitrogens with zero attached hydrogens (tertiary/aromatic N) is 2. The number of anilines is 1. The van der Waals surface area contributed by atoms with E-state index in [9.17, 15) is 19.2 Å². The van der Waals surface area contributed by atoms with Crippen molar-refractivity contribution in [2.45, 2.75) is 13.8 Å². The molecule has 5 N–H and O–H groups in total. The van der Waals surface area contributed by atoms with Gasteiger partial charge in [-0.25, -0.2) is 25.1 Å². The number of rotatable bonds is 7. The SMILES string of the molecule is C=C(C)C(=Cc1c(C)[nH]n(-c2ccc(C(=O)O)cc2)c1=O)C(=O)N(N)c1ccc(C(=O)O)cc1. The lowest BCUT2D eigenvalue weighted by Crippen LogP contribution is -2.38. The summed E-state index contributed by atoms with van der Waals surface area (Å²) in [7, 11) is 0. The first-order valence-electron chi connectivity index (χ1n) is 9.96. The first-order chi connectivity index (χ1) is 16.0. The number of nitrogens with two attached hydrogens (primary N) is 1. The van der Waals surface area contributed by atoms with Crippen LogP contribution in [0.15, 0.2) is 71.1 Å². The summed E-state index contributed by atoms with van der Waals surface area (Å²) in [5.41, 5.74) is 1.44. The van der Waals surface area contributed by atoms with Gasteiger partial charge >= 0.3 is 11.9 Å². The zero-order valence-electron chi connectivity index (χ0n) is 18.4. The maximum absolute atomic E-state index is 13.1. The Morgan fingerprint density at radius 3 is 1.97 bits per heavy atom. The Morgan fingerprint density at radius 2 is 1.50 bits per heavy atom. The Labute approximate surface area is 193 Å². The molecule has 1 aromatic heterocycles. The summed E-state index contributed by atoms with van der Waals surface area (Å²) in [5.74, 6) is 3.14. The molecule has 3 aromatic rings. The number of H-pyrrole nitrogens is 1. The molecule has 0 fully saturated rings. The van der Waals surface area contributed by atoms with E-state index in [2.05, 4.69) is 11.7 Å². The summed E-state index contributed by atoms with van der Waals surface area (Å²) < 4.78 is 1.23. The van der Waals surface area contributed by atoms with E-state index in [0.29, 0.717) is 17.0 Å². The molecule has 0 saturated carbocycles. The highest BCUT2D eigenvalue weighted by Gasteiger charge is 2.21. The molecule has 0 unspecified atom stereocenters. The highest BCUT2D eigenvalue weighted by molar-refractivity contribution is 6.10. The minimum absolute atomic E-state index is 0.0418. The summed E-state index contributed by atoms with van der Waals surface area (Å²) >= 11 is 0. The van der Waals surface area contributed by atoms with E-state index in [0.717, 1.165) is 5.01 Å². The number of benzene rings is 2. The lowest BCUT2D eigenvalue weighted by Gasteiger charge is -2.19. The fraction of sp³-hybridized carbons (Fsp3) is 0.0833. The Kier molecular flexibility index (Phi) is 6.64. The van der Waals surface area contributed by atoms with E-state index >= 15 is 0 Å². The van der Waals surface area contributed by atoms with Crippen LogP contribution in [0, 0.1) is 6.92 Å². The van der Waals surface area contributed by atoms with Gasteiger partial charge in [0.05, 0.1) is 28.1 Å². The van der Waals surface area contributed by atoms with Crippen LogP contribution in [-0.2, 0) is 4.79 Å². The number of carboxylic acids is 2. The van der Waals surface area contributed by atoms with Crippen molar-refractivity contribution in [3.63, 3.8) is 0 Å². The molecule has 0 spiro atoms. The number of carboxylic acid groups (broad SMARTS) is 2. The van der Waals surface area contributed by atoms with Crippen LogP contribution in [0.3, 0.4) is 0 Å². The molecule has 1 heterocycles. The molecule has 0 saturated heterocycles. The van der Waals surface area contributed by atoms with Gasteiger partial charge in [0.25, 0.3) is 11.5 Å². The zero-order chi connectivity index (χ0) is 25.2. The van der Waals surface area contributed by atoms with Gasteiger partial charge < -0.3 is 10.2 Å². The third-order valence-corrected chi connectivity index (χ3v) is 5.08. The van der Waals surface area contributed by atoms with Crippen LogP contribution >= 0.6 is 0 Å². The van der Waals surface area contributed by atoms with Gasteiger partial charge in [-0.3, -0.25) is 14.7 Å². The van der Waals surface area contributed by atoms with Crippen molar-refractivity contribution in [3.8, 4) is 5.69 Å². The number of nitrogens with one attached hydrogen (secondary N) is 1. The smallest absolute Gasteiger partial charge is 0.335 e. The number of carbonyl (C=O) groups is 3. The molecular formula is C24H22N4O6. The molecule has 3 rings (SSSR count). The first kappa shape index (κ1) is 24.0. The van der Waals surface area contributed by atoms with Crippen LogP contribution in [0.5, 0.6) is 0 Å². The van der Waals surface area contributed by atoms with Crippen molar-refractivity contribution in [3.05, 3.63) is 99.0 Å². The average molecular weight is 462 g/mol. The second-order valence-corrected chi connectivity index (χ2v) is 7.51. The number of carbonyl (C=O) groups excluding carboxylic acids is 1. The number of hydrazine groups is 1. The molecule has 1 amide bonds. The predicted molar refractivity (Wildman–Crippen MR) is 126 cm³/mol. The molecule has 174 valence electrons. The van der Waals surface area contributed by atoms with Gasteiger partial charge in [0, 0.05) is 11.3 Å². The molecule has 0 atom stereocenters. The Morgan fingerprint density at radius 1 is 1.00 bits per heavy atom. The van der Waals surface area contributed by atoms with Gasteiger partial charge in [-0.05, 0) is 74.0 Å². The standard InChI is InChI=1S/C24H22N4O6/c1-13(2)19(21(29)27(25)17-8-4-15(5-9-17)23(31)32)12-20-14(3)26-28(22(20)30)18-10-6-16(7-11-18)24(33)34/h4-12,26H,1,25H2,2-3H3,(H,31,32)(H,33,34). The molecule has 10 nitrogen and oxygen atoms in total. The van der Waals surface area contributed by atoms with E-state index in [4.69, 9.17) is 16.1 Å². The van der Waals surface area contributed by atoms with Crippen molar-refractivity contribution in [2.75, 3.05) is 5.01 Å². The summed E-state index contributed by atoms with van der Waals surface area (Å²) in [6, 6.07) is 11.2. The molecule has 34 heavy (non-hydrogen) atoms. The van der Waals surface area contributed by atoms with E-state index in [1.165, 1.54) is 59.3 Å². The number of aromatic carboxylic acids is 2. The molecular weight excluding hydrogens is 440 g/mol. The highest BCUT2D eigenvalue weighted by atomic mass is 16.4. The monoisotopic (exact) mass is 462 g/mol. The molecule has 0 bridgehead atoms. The van der Waals surface area contributed by atoms with Crippen molar-refractivity contribution in [2.24, 2.45) is 5.84 Å². The summed E-state index contributed by atoms with van der Waals surface area (Å²) in [4.78, 5) is 48.3. The fourth-order valence-electron chi connectivity index (χ4n) is 3.19. The average Bonchev–Trinajstić information content (AvgIpc) is 3.09. The summed E-state index contributed by atoms with van der Waals surface area (Å²) in [5, 5.41) is 21.8. The van der Waals surface area contributed by atoms with Crippen LogP contribution in [0.2, 0.25) is 0 Å². The van der Waals surface area contributed by atoms with Gasteiger partial charge in [-0.1, -0.05) is 6.58 Å². The number of hydrogen-bond donors (Lipinski definition) is 4. The van der Waals surface area contributed by atoms with Crippen LogP contribution in [0.1, 0.15) is 38.9 Å². The summed E-state index contributed by atoms with van der Waals surface area (Å²) in [6.07, 6.45) is 1.38. The van der Waals surface area contributed by atoms with Crippen molar-refractivity contribution in [1.29, 1.82) is 0 Å². The van der Waals surface area contributed by atoms with Crippen LogP contribution in [0.4, 0.5) is 5.69 Å². The summed E-state index contributed by atoms with van der Waals surface area (Å²) in [6.45, 7) is 7.06. The first-order valence-corrected chi connectivity index (χ1v) is 9.96. The topological polar surface area (TPSA) is 159 Å². The largest absolute Gasteiger partial charge is 0.478 e. The Balaban J connectivity index is 1.99. The molecule has 0 radical (unpaired) electrons. The maximum Gasteiger partial charge on any atom is 0.335 e. The second kappa shape index (κ2) is 9.43. The highest BCUT2D eigenvalue weighted by Crippen LogP contribution is 2.20. The van der Waals surface area contributed by atoms with Crippen molar-refractivity contribution < 1.29 is 24.6 Å². The van der Waals surface area contributed by atoms with E-state index in [1.54, 1.807) is 13.8 Å². The van der Waals surface area contributed by atoms with E-state index in [1.807, 2.05) is 0 Å². The van der Waals surface area contributed by atoms with E-state index < -0.39 is 23.4 Å². The zero-order valence-corrected chi connectivity index (χ0v) is 18.4. The number of aryl methyl sites for hydroxylation is 1. The van der Waals surface area contributed by atoms with Gasteiger partial charge in [0.15, 0.2) is 0 Å². The third kappa shape index (κ3) is 4.71. The Bertz CT molecular complexity index is 1380. The van der Waals surface area contributed by atoms with Crippen LogP contribution < -0.4 is 16.4 Å². The van der Waals surface area contributed by atoms with Crippen molar-refractivity contribution in [1.82, 2.24) is 9.78 Å². The minimum atomic E-state index is -1.11. The fourth-order valence-corrected chi connectivity index (χ4v) is 3.19. The molecule has 0 aliphatic rings. The van der Waals surface area contributed by atoms with Gasteiger partial charge in [-0.15, -0.1) is 0 Å². The second-order valence-electron chi connectivity index (χ2n) is 7.51. The quantitative estimate of drug-likeness (QED) is 0.138. The Hall–Kier alpha value is -4.70. The lowest BCUT2D eigenvalue weighted by molar-refractivity contribution is -0.114. The van der Waals surface area contributed by atoms with Gasteiger partial charge in [0.2, 0.25) is 0 Å². The number of aromatic amines is 1. The molecule has 0 aliphatic carbocycles. The van der Waals surface area contributed by atoms with Crippen molar-refractivity contribution >= 4 is 29.6 Å². The minimum Gasteiger partial charge on any atom is -0.478 e. The van der Waals surface area contributed by atoms with Crippen LogP contribution in [-0.4, -0.2) is 37.8 Å².